The number of hydrogen-bond acceptors (Lipinski definition) is 5. The predicted octanol–water partition coefficient (Wildman–Crippen LogP) is 5.39. The van der Waals surface area contributed by atoms with Crippen molar-refractivity contribution in [2.45, 2.75) is 63.9 Å². The normalized spacial score (nSPS) is 25.8. The van der Waals surface area contributed by atoms with E-state index in [2.05, 4.69) is 22.4 Å². The molecule has 3 aliphatic heterocycles. The van der Waals surface area contributed by atoms with Crippen LogP contribution >= 0.6 is 11.6 Å². The van der Waals surface area contributed by atoms with Crippen LogP contribution in [0.2, 0.25) is 5.02 Å². The molecule has 0 bridgehead atoms. The van der Waals surface area contributed by atoms with Crippen LogP contribution in [0, 0.1) is 5.92 Å². The van der Waals surface area contributed by atoms with Crippen molar-refractivity contribution >= 4 is 17.2 Å². The molecule has 5 rings (SSSR count). The zero-order chi connectivity index (χ0) is 25.1. The molecule has 0 aromatic heterocycles. The number of ether oxygens (including phenoxy) is 2. The number of likely N-dealkylation sites (tertiary alicyclic amines) is 1. The van der Waals surface area contributed by atoms with Crippen molar-refractivity contribution < 1.29 is 14.6 Å². The smallest absolute Gasteiger partial charge is 0.126 e. The summed E-state index contributed by atoms with van der Waals surface area (Å²) in [6.45, 7) is 9.15. The van der Waals surface area contributed by atoms with Crippen LogP contribution in [0.3, 0.4) is 0 Å². The molecule has 36 heavy (non-hydrogen) atoms. The Morgan fingerprint density at radius 2 is 2.03 bits per heavy atom. The molecule has 2 aromatic rings. The molecule has 3 heterocycles. The second-order valence-corrected chi connectivity index (χ2v) is 11.4. The Morgan fingerprint density at radius 1 is 1.19 bits per heavy atom. The highest BCUT2D eigenvalue weighted by Crippen LogP contribution is 2.41. The van der Waals surface area contributed by atoms with E-state index in [1.54, 1.807) is 0 Å². The number of rotatable bonds is 7. The molecule has 0 amide bonds. The Morgan fingerprint density at radius 3 is 2.83 bits per heavy atom. The van der Waals surface area contributed by atoms with Gasteiger partial charge < -0.3 is 24.8 Å². The van der Waals surface area contributed by atoms with Gasteiger partial charge in [-0.25, -0.2) is 0 Å². The highest BCUT2D eigenvalue weighted by Gasteiger charge is 2.34. The molecule has 5 nitrogen and oxygen atoms in total. The van der Waals surface area contributed by atoms with E-state index in [0.29, 0.717) is 25.2 Å². The average molecular weight is 511 g/mol. The van der Waals surface area contributed by atoms with E-state index < -0.39 is 5.60 Å². The van der Waals surface area contributed by atoms with Gasteiger partial charge in [-0.2, -0.15) is 0 Å². The highest BCUT2D eigenvalue weighted by atomic mass is 35.5. The molecule has 6 heteroatoms. The fourth-order valence-electron chi connectivity index (χ4n) is 5.74. The van der Waals surface area contributed by atoms with Gasteiger partial charge in [0, 0.05) is 42.2 Å². The summed E-state index contributed by atoms with van der Waals surface area (Å²) < 4.78 is 12.4. The predicted molar refractivity (Wildman–Crippen MR) is 145 cm³/mol. The summed E-state index contributed by atoms with van der Waals surface area (Å²) in [6, 6.07) is 14.4. The summed E-state index contributed by atoms with van der Waals surface area (Å²) in [5, 5.41) is 15.1. The quantitative estimate of drug-likeness (QED) is 0.523. The summed E-state index contributed by atoms with van der Waals surface area (Å²) in [5.41, 5.74) is 3.74. The fraction of sp³-hybridized carbons (Fsp3) is 0.533. The lowest BCUT2D eigenvalue weighted by atomic mass is 9.80. The van der Waals surface area contributed by atoms with Crippen LogP contribution in [0.1, 0.15) is 56.2 Å². The van der Waals surface area contributed by atoms with Crippen LogP contribution in [0.4, 0.5) is 0 Å². The van der Waals surface area contributed by atoms with E-state index in [4.69, 9.17) is 21.1 Å². The minimum absolute atomic E-state index is 0.279. The Hall–Kier alpha value is -1.89. The average Bonchev–Trinajstić information content (AvgIpc) is 3.26. The maximum atomic E-state index is 10.7. The first-order valence-electron chi connectivity index (χ1n) is 13.4. The van der Waals surface area contributed by atoms with Gasteiger partial charge in [0.15, 0.2) is 0 Å². The number of benzene rings is 2. The monoisotopic (exact) mass is 510 g/mol. The fourth-order valence-corrected chi connectivity index (χ4v) is 5.86. The Balaban J connectivity index is 1.25. The minimum Gasteiger partial charge on any atom is -0.491 e. The van der Waals surface area contributed by atoms with E-state index >= 15 is 0 Å². The molecule has 3 atom stereocenters. The Kier molecular flexibility index (Phi) is 8.04. The third-order valence-corrected chi connectivity index (χ3v) is 8.09. The number of nitrogens with one attached hydrogen (secondary N) is 1. The van der Waals surface area contributed by atoms with Gasteiger partial charge in [-0.1, -0.05) is 35.9 Å². The van der Waals surface area contributed by atoms with Crippen molar-refractivity contribution in [1.82, 2.24) is 10.2 Å². The van der Waals surface area contributed by atoms with E-state index in [-0.39, 0.29) is 6.10 Å². The molecule has 194 valence electrons. The molecule has 2 N–H and O–H groups in total. The third-order valence-electron chi connectivity index (χ3n) is 7.84. The highest BCUT2D eigenvalue weighted by molar-refractivity contribution is 6.30. The van der Waals surface area contributed by atoms with Crippen molar-refractivity contribution in [3.05, 3.63) is 70.3 Å². The molecule has 2 unspecified atom stereocenters. The van der Waals surface area contributed by atoms with Gasteiger partial charge in [0.05, 0.1) is 18.3 Å². The van der Waals surface area contributed by atoms with Gasteiger partial charge in [0.1, 0.15) is 12.4 Å². The van der Waals surface area contributed by atoms with Crippen LogP contribution in [-0.4, -0.2) is 54.9 Å². The van der Waals surface area contributed by atoms with Gasteiger partial charge >= 0.3 is 0 Å². The zero-order valence-electron chi connectivity index (χ0n) is 21.5. The van der Waals surface area contributed by atoms with E-state index in [1.807, 2.05) is 50.2 Å². The second-order valence-electron chi connectivity index (χ2n) is 11.0. The number of nitrogens with zero attached hydrogens (tertiary/aromatic N) is 1. The van der Waals surface area contributed by atoms with Crippen LogP contribution < -0.4 is 10.1 Å². The van der Waals surface area contributed by atoms with E-state index in [9.17, 15) is 5.11 Å². The lowest BCUT2D eigenvalue weighted by molar-refractivity contribution is 0.0468. The van der Waals surface area contributed by atoms with Crippen LogP contribution in [0.15, 0.2) is 48.5 Å². The Labute approximate surface area is 220 Å². The van der Waals surface area contributed by atoms with Gasteiger partial charge in [-0.3, -0.25) is 0 Å². The number of hydrogen-bond donors (Lipinski definition) is 2. The molecule has 2 saturated heterocycles. The molecule has 0 spiro atoms. The first-order chi connectivity index (χ1) is 17.4. The number of fused-ring (bicyclic) bond motifs is 2. The molecule has 2 fully saturated rings. The maximum absolute atomic E-state index is 10.7. The lowest BCUT2D eigenvalue weighted by Gasteiger charge is -2.32. The summed E-state index contributed by atoms with van der Waals surface area (Å²) >= 11 is 5.99. The van der Waals surface area contributed by atoms with Crippen molar-refractivity contribution in [3.63, 3.8) is 0 Å². The molecule has 0 aliphatic carbocycles. The zero-order valence-corrected chi connectivity index (χ0v) is 22.3. The molecule has 0 radical (unpaired) electrons. The SMILES string of the molecule is CC(C)(O)c1ccc2c(c1)C(=CCCN1CC[C@@H](OCc3ccc(Cl)cc3)C1)C1CCCNC1CO2. The number of halogens is 1. The largest absolute Gasteiger partial charge is 0.491 e. The van der Waals surface area contributed by atoms with Crippen molar-refractivity contribution in [2.24, 2.45) is 5.92 Å². The summed E-state index contributed by atoms with van der Waals surface area (Å²) in [5.74, 6) is 1.37. The number of piperidine rings is 1. The van der Waals surface area contributed by atoms with Gasteiger partial charge in [0.25, 0.3) is 0 Å². The summed E-state index contributed by atoms with van der Waals surface area (Å²) in [7, 11) is 0. The van der Waals surface area contributed by atoms with Gasteiger partial charge in [0.2, 0.25) is 0 Å². The van der Waals surface area contributed by atoms with E-state index in [1.165, 1.54) is 18.4 Å². The summed E-state index contributed by atoms with van der Waals surface area (Å²) in [4.78, 5) is 2.52. The van der Waals surface area contributed by atoms with Crippen molar-refractivity contribution in [1.29, 1.82) is 0 Å². The Bertz CT molecular complexity index is 1060. The first kappa shape index (κ1) is 25.7. The molecular formula is C30H39ClN2O3. The van der Waals surface area contributed by atoms with Gasteiger partial charge in [-0.15, -0.1) is 0 Å². The standard InChI is InChI=1S/C30H39ClN2O3/c1-30(2,34)22-9-12-29-27(17-22)25(26-5-3-14-32-28(26)20-36-29)6-4-15-33-16-13-24(18-33)35-19-21-7-10-23(31)11-8-21/h6-12,17,24,26,28,32,34H,3-5,13-16,18-20H2,1-2H3/t24-,26?,28?/m1/s1. The van der Waals surface area contributed by atoms with Crippen molar-refractivity contribution in [3.8, 4) is 5.75 Å². The minimum atomic E-state index is -0.882. The first-order valence-corrected chi connectivity index (χ1v) is 13.8. The van der Waals surface area contributed by atoms with Crippen LogP contribution in [-0.2, 0) is 16.9 Å². The maximum Gasteiger partial charge on any atom is 0.126 e. The molecule has 3 aliphatic rings. The lowest BCUT2D eigenvalue weighted by Crippen LogP contribution is -2.44. The van der Waals surface area contributed by atoms with Gasteiger partial charge in [-0.05, 0) is 87.0 Å². The van der Waals surface area contributed by atoms with Crippen molar-refractivity contribution in [2.75, 3.05) is 32.8 Å². The number of aliphatic hydroxyl groups is 1. The second kappa shape index (κ2) is 11.2. The third kappa shape index (κ3) is 6.15. The molecular weight excluding hydrogens is 472 g/mol. The van der Waals surface area contributed by atoms with Crippen LogP contribution in [0.5, 0.6) is 5.75 Å². The molecule has 0 saturated carbocycles. The van der Waals surface area contributed by atoms with E-state index in [0.717, 1.165) is 66.5 Å². The molecule has 2 aromatic carbocycles. The topological polar surface area (TPSA) is 54.0 Å². The van der Waals surface area contributed by atoms with Crippen LogP contribution in [0.25, 0.3) is 5.57 Å². The summed E-state index contributed by atoms with van der Waals surface area (Å²) in [6.07, 6.45) is 7.13.